The van der Waals surface area contributed by atoms with Crippen molar-refractivity contribution in [1.82, 2.24) is 9.88 Å². The summed E-state index contributed by atoms with van der Waals surface area (Å²) in [6, 6.07) is 0. The van der Waals surface area contributed by atoms with Crippen molar-refractivity contribution >= 4 is 16.5 Å². The van der Waals surface area contributed by atoms with Gasteiger partial charge in [-0.1, -0.05) is 13.8 Å². The standard InChI is InChI=1S/C13H21F3N4S/c1-9(2)11-10(7-17)21-12(18-11)20-5-3-19(4-6-20)8-13(14,15)16/h9H,3-8,17H2,1-2H3. The quantitative estimate of drug-likeness (QED) is 0.925. The summed E-state index contributed by atoms with van der Waals surface area (Å²) < 4.78 is 37.1. The van der Waals surface area contributed by atoms with E-state index in [0.29, 0.717) is 38.6 Å². The van der Waals surface area contributed by atoms with Crippen molar-refractivity contribution in [3.63, 3.8) is 0 Å². The first-order valence-electron chi connectivity index (χ1n) is 7.04. The summed E-state index contributed by atoms with van der Waals surface area (Å²) >= 11 is 1.56. The van der Waals surface area contributed by atoms with Gasteiger partial charge >= 0.3 is 6.18 Å². The normalized spacial score (nSPS) is 17.8. The van der Waals surface area contributed by atoms with Gasteiger partial charge in [-0.3, -0.25) is 4.90 Å². The fraction of sp³-hybridized carbons (Fsp3) is 0.769. The van der Waals surface area contributed by atoms with Gasteiger partial charge in [-0.25, -0.2) is 4.98 Å². The van der Waals surface area contributed by atoms with Crippen molar-refractivity contribution in [3.8, 4) is 0 Å². The number of piperazine rings is 1. The molecule has 1 aromatic rings. The molecule has 1 fully saturated rings. The molecule has 1 aliphatic rings. The molecule has 2 rings (SSSR count). The maximum absolute atomic E-state index is 12.4. The Labute approximate surface area is 126 Å². The minimum Gasteiger partial charge on any atom is -0.346 e. The van der Waals surface area contributed by atoms with Crippen molar-refractivity contribution in [2.75, 3.05) is 37.6 Å². The lowest BCUT2D eigenvalue weighted by molar-refractivity contribution is -0.146. The maximum Gasteiger partial charge on any atom is 0.401 e. The van der Waals surface area contributed by atoms with Crippen LogP contribution in [0.25, 0.3) is 0 Å². The highest BCUT2D eigenvalue weighted by molar-refractivity contribution is 7.15. The van der Waals surface area contributed by atoms with Gasteiger partial charge in [0.1, 0.15) is 0 Å². The molecule has 0 spiro atoms. The average Bonchev–Trinajstić information content (AvgIpc) is 2.82. The number of thiazole rings is 1. The first kappa shape index (κ1) is 16.5. The van der Waals surface area contributed by atoms with Gasteiger partial charge < -0.3 is 10.6 Å². The Hall–Kier alpha value is -0.860. The van der Waals surface area contributed by atoms with Crippen LogP contribution in [0.3, 0.4) is 0 Å². The molecular formula is C13H21F3N4S. The van der Waals surface area contributed by atoms with Crippen LogP contribution in [0.1, 0.15) is 30.3 Å². The van der Waals surface area contributed by atoms with Gasteiger partial charge in [0.2, 0.25) is 0 Å². The molecule has 0 bridgehead atoms. The van der Waals surface area contributed by atoms with Crippen molar-refractivity contribution < 1.29 is 13.2 Å². The molecule has 0 unspecified atom stereocenters. The Morgan fingerprint density at radius 1 is 1.24 bits per heavy atom. The topological polar surface area (TPSA) is 45.4 Å². The van der Waals surface area contributed by atoms with Gasteiger partial charge in [0.05, 0.1) is 12.2 Å². The molecule has 0 amide bonds. The summed E-state index contributed by atoms with van der Waals surface area (Å²) in [4.78, 5) is 9.19. The van der Waals surface area contributed by atoms with E-state index in [1.54, 1.807) is 11.3 Å². The van der Waals surface area contributed by atoms with Crippen LogP contribution in [0.5, 0.6) is 0 Å². The number of anilines is 1. The highest BCUT2D eigenvalue weighted by Crippen LogP contribution is 2.31. The number of nitrogens with zero attached hydrogens (tertiary/aromatic N) is 3. The van der Waals surface area contributed by atoms with Crippen LogP contribution in [0.2, 0.25) is 0 Å². The van der Waals surface area contributed by atoms with E-state index < -0.39 is 12.7 Å². The molecule has 0 aromatic carbocycles. The second kappa shape index (κ2) is 6.50. The zero-order valence-corrected chi connectivity index (χ0v) is 13.1. The van der Waals surface area contributed by atoms with Crippen molar-refractivity contribution in [2.24, 2.45) is 5.73 Å². The third-order valence-electron chi connectivity index (χ3n) is 3.49. The molecule has 2 heterocycles. The summed E-state index contributed by atoms with van der Waals surface area (Å²) in [6.07, 6.45) is -4.12. The highest BCUT2D eigenvalue weighted by atomic mass is 32.1. The molecule has 120 valence electrons. The lowest BCUT2D eigenvalue weighted by atomic mass is 10.1. The minimum atomic E-state index is -4.12. The van der Waals surface area contributed by atoms with E-state index in [4.69, 9.17) is 5.73 Å². The molecule has 1 aliphatic heterocycles. The summed E-state index contributed by atoms with van der Waals surface area (Å²) in [5.74, 6) is 0.306. The van der Waals surface area contributed by atoms with E-state index in [1.165, 1.54) is 4.90 Å². The van der Waals surface area contributed by atoms with E-state index in [9.17, 15) is 13.2 Å². The molecular weight excluding hydrogens is 301 g/mol. The van der Waals surface area contributed by atoms with Crippen LogP contribution in [0.4, 0.5) is 18.3 Å². The molecule has 4 nitrogen and oxygen atoms in total. The van der Waals surface area contributed by atoms with Gasteiger partial charge in [0, 0.05) is 37.6 Å². The Morgan fingerprint density at radius 3 is 2.29 bits per heavy atom. The molecule has 8 heteroatoms. The van der Waals surface area contributed by atoms with E-state index in [1.807, 2.05) is 0 Å². The summed E-state index contributed by atoms with van der Waals surface area (Å²) in [6.45, 7) is 5.74. The predicted molar refractivity (Wildman–Crippen MR) is 78.8 cm³/mol. The van der Waals surface area contributed by atoms with Crippen LogP contribution in [-0.4, -0.2) is 48.8 Å². The number of alkyl halides is 3. The van der Waals surface area contributed by atoms with Gasteiger partial charge in [-0.2, -0.15) is 13.2 Å². The van der Waals surface area contributed by atoms with Crippen LogP contribution in [-0.2, 0) is 6.54 Å². The number of hydrogen-bond acceptors (Lipinski definition) is 5. The van der Waals surface area contributed by atoms with E-state index in [-0.39, 0.29) is 0 Å². The van der Waals surface area contributed by atoms with E-state index >= 15 is 0 Å². The van der Waals surface area contributed by atoms with E-state index in [2.05, 4.69) is 23.7 Å². The van der Waals surface area contributed by atoms with Crippen LogP contribution in [0.15, 0.2) is 0 Å². The Balaban J connectivity index is 1.99. The molecule has 1 aromatic heterocycles. The SMILES string of the molecule is CC(C)c1nc(N2CCN(CC(F)(F)F)CC2)sc1CN. The first-order chi connectivity index (χ1) is 9.80. The Kier molecular flexibility index (Phi) is 5.11. The highest BCUT2D eigenvalue weighted by Gasteiger charge is 2.32. The summed E-state index contributed by atoms with van der Waals surface area (Å²) in [5, 5.41) is 0.880. The van der Waals surface area contributed by atoms with Crippen molar-refractivity contribution in [1.29, 1.82) is 0 Å². The lowest BCUT2D eigenvalue weighted by Crippen LogP contribution is -2.49. The second-order valence-electron chi connectivity index (χ2n) is 5.54. The number of aromatic nitrogens is 1. The second-order valence-corrected chi connectivity index (χ2v) is 6.60. The molecule has 2 N–H and O–H groups in total. The van der Waals surface area contributed by atoms with Crippen LogP contribution < -0.4 is 10.6 Å². The number of halogens is 3. The first-order valence-corrected chi connectivity index (χ1v) is 7.85. The van der Waals surface area contributed by atoms with Crippen LogP contribution in [0, 0.1) is 0 Å². The van der Waals surface area contributed by atoms with Gasteiger partial charge in [0.25, 0.3) is 0 Å². The minimum absolute atomic E-state index is 0.306. The summed E-state index contributed by atoms with van der Waals surface area (Å²) in [7, 11) is 0. The number of nitrogens with two attached hydrogens (primary N) is 1. The maximum atomic E-state index is 12.4. The zero-order chi connectivity index (χ0) is 15.6. The molecule has 0 saturated carbocycles. The van der Waals surface area contributed by atoms with Crippen molar-refractivity contribution in [3.05, 3.63) is 10.6 Å². The molecule has 0 aliphatic carbocycles. The molecule has 0 atom stereocenters. The van der Waals surface area contributed by atoms with Crippen LogP contribution >= 0.6 is 11.3 Å². The monoisotopic (exact) mass is 322 g/mol. The third-order valence-corrected chi connectivity index (χ3v) is 4.65. The van der Waals surface area contributed by atoms with Gasteiger partial charge in [0.15, 0.2) is 5.13 Å². The largest absolute Gasteiger partial charge is 0.401 e. The zero-order valence-electron chi connectivity index (χ0n) is 12.3. The molecule has 21 heavy (non-hydrogen) atoms. The van der Waals surface area contributed by atoms with Gasteiger partial charge in [-0.05, 0) is 5.92 Å². The smallest absolute Gasteiger partial charge is 0.346 e. The Bertz CT molecular complexity index is 464. The Morgan fingerprint density at radius 2 is 1.86 bits per heavy atom. The van der Waals surface area contributed by atoms with Gasteiger partial charge in [-0.15, -0.1) is 11.3 Å². The average molecular weight is 322 g/mol. The third kappa shape index (κ3) is 4.31. The fourth-order valence-corrected chi connectivity index (χ4v) is 3.58. The van der Waals surface area contributed by atoms with Crippen molar-refractivity contribution in [2.45, 2.75) is 32.5 Å². The van der Waals surface area contributed by atoms with E-state index in [0.717, 1.165) is 15.7 Å². The molecule has 1 saturated heterocycles. The fourth-order valence-electron chi connectivity index (χ4n) is 2.43. The lowest BCUT2D eigenvalue weighted by Gasteiger charge is -2.34. The number of hydrogen-bond donors (Lipinski definition) is 1. The predicted octanol–water partition coefficient (Wildman–Crippen LogP) is 2.41. The molecule has 0 radical (unpaired) electrons. The number of rotatable bonds is 4. The summed E-state index contributed by atoms with van der Waals surface area (Å²) in [5.41, 5.74) is 6.75.